The van der Waals surface area contributed by atoms with Crippen molar-refractivity contribution in [2.75, 3.05) is 42.8 Å². The molecule has 0 spiro atoms. The number of ether oxygens (including phenoxy) is 1. The van der Waals surface area contributed by atoms with Gasteiger partial charge in [0, 0.05) is 42.7 Å². The van der Waals surface area contributed by atoms with E-state index < -0.39 is 0 Å². The predicted octanol–water partition coefficient (Wildman–Crippen LogP) is 2.64. The van der Waals surface area contributed by atoms with Crippen LogP contribution in [0.3, 0.4) is 0 Å². The number of hydrogen-bond acceptors (Lipinski definition) is 8. The van der Waals surface area contributed by atoms with Gasteiger partial charge in [-0.2, -0.15) is 4.79 Å². The molecular weight excluding hydrogens is 484 g/mol. The fraction of sp³-hybridized carbons (Fsp3) is 0.296. The maximum Gasteiger partial charge on any atom is 0.276 e. The van der Waals surface area contributed by atoms with Crippen LogP contribution < -0.4 is 16.5 Å². The van der Waals surface area contributed by atoms with E-state index in [4.69, 9.17) is 10.6 Å². The lowest BCUT2D eigenvalue weighted by Gasteiger charge is -2.26. The first kappa shape index (κ1) is 24.0. The van der Waals surface area contributed by atoms with E-state index in [2.05, 4.69) is 30.6 Å². The van der Waals surface area contributed by atoms with Crippen molar-refractivity contribution >= 4 is 34.1 Å². The average molecular weight is 513 g/mol. The van der Waals surface area contributed by atoms with E-state index in [0.717, 1.165) is 62.5 Å². The quantitative estimate of drug-likeness (QED) is 0.321. The van der Waals surface area contributed by atoms with Crippen molar-refractivity contribution in [2.24, 2.45) is 5.92 Å². The zero-order valence-electron chi connectivity index (χ0n) is 20.8. The van der Waals surface area contributed by atoms with Crippen molar-refractivity contribution < 1.29 is 14.3 Å². The van der Waals surface area contributed by atoms with E-state index in [1.807, 2.05) is 36.4 Å². The zero-order chi connectivity index (χ0) is 26.1. The first-order valence-corrected chi connectivity index (χ1v) is 12.6. The molecule has 4 heterocycles. The molecule has 1 saturated carbocycles. The van der Waals surface area contributed by atoms with Crippen LogP contribution in [0.4, 0.5) is 11.4 Å². The summed E-state index contributed by atoms with van der Waals surface area (Å²) in [5, 5.41) is 10.7. The number of anilines is 2. The second-order valence-electron chi connectivity index (χ2n) is 9.63. The minimum absolute atomic E-state index is 0.0198. The van der Waals surface area contributed by atoms with E-state index in [1.54, 1.807) is 18.6 Å². The molecule has 1 aliphatic heterocycles. The number of carbonyl (C=O) groups is 2. The molecule has 1 aliphatic carbocycles. The lowest BCUT2D eigenvalue weighted by Crippen LogP contribution is -2.35. The number of fused-ring (bicyclic) bond motifs is 1. The normalized spacial score (nSPS) is 15.9. The number of amides is 2. The zero-order valence-corrected chi connectivity index (χ0v) is 20.8. The van der Waals surface area contributed by atoms with Crippen LogP contribution in [-0.4, -0.2) is 62.9 Å². The Bertz CT molecular complexity index is 1490. The maximum absolute atomic E-state index is 13.2. The molecule has 2 amide bonds. The smallest absolute Gasteiger partial charge is 0.276 e. The highest BCUT2D eigenvalue weighted by Gasteiger charge is 2.29. The van der Waals surface area contributed by atoms with Crippen LogP contribution in [0.1, 0.15) is 29.0 Å². The SMILES string of the molecule is Nn1nc(C(=O)Nc2ccc(CN3CCOCC3)nc2)c2cc(-c3cncc(NC(=O)C4CC4)c3)ccc21. The van der Waals surface area contributed by atoms with Gasteiger partial charge in [0.2, 0.25) is 5.91 Å². The van der Waals surface area contributed by atoms with Gasteiger partial charge >= 0.3 is 0 Å². The van der Waals surface area contributed by atoms with Gasteiger partial charge in [0.25, 0.3) is 5.91 Å². The number of nitrogens with zero attached hydrogens (tertiary/aromatic N) is 5. The van der Waals surface area contributed by atoms with E-state index in [0.29, 0.717) is 22.3 Å². The second-order valence-corrected chi connectivity index (χ2v) is 9.63. The first-order chi connectivity index (χ1) is 18.5. The summed E-state index contributed by atoms with van der Waals surface area (Å²) in [6.45, 7) is 3.97. The van der Waals surface area contributed by atoms with Gasteiger partial charge in [-0.25, -0.2) is 0 Å². The van der Waals surface area contributed by atoms with Crippen molar-refractivity contribution in [3.05, 3.63) is 66.4 Å². The molecule has 0 radical (unpaired) electrons. The Hall–Kier alpha value is -4.35. The van der Waals surface area contributed by atoms with Crippen molar-refractivity contribution in [1.82, 2.24) is 24.8 Å². The van der Waals surface area contributed by atoms with Crippen LogP contribution in [0, 0.1) is 5.92 Å². The molecule has 1 saturated heterocycles. The number of aromatic nitrogens is 4. The second kappa shape index (κ2) is 10.2. The number of pyridine rings is 2. The first-order valence-electron chi connectivity index (χ1n) is 12.6. The fourth-order valence-corrected chi connectivity index (χ4v) is 4.51. The Morgan fingerprint density at radius 3 is 2.58 bits per heavy atom. The molecule has 11 nitrogen and oxygen atoms in total. The molecule has 4 aromatic rings. The summed E-state index contributed by atoms with van der Waals surface area (Å²) in [5.74, 6) is 5.79. The summed E-state index contributed by atoms with van der Waals surface area (Å²) >= 11 is 0. The summed E-state index contributed by atoms with van der Waals surface area (Å²) in [6.07, 6.45) is 6.84. The Labute approximate surface area is 219 Å². The average Bonchev–Trinajstić information content (AvgIpc) is 3.74. The van der Waals surface area contributed by atoms with Crippen molar-refractivity contribution in [1.29, 1.82) is 0 Å². The number of nitrogens with one attached hydrogen (secondary N) is 2. The van der Waals surface area contributed by atoms with Gasteiger partial charge in [0.05, 0.1) is 48.2 Å². The minimum Gasteiger partial charge on any atom is -0.379 e. The molecule has 38 heavy (non-hydrogen) atoms. The standard InChI is InChI=1S/C27H28N8O3/c28-35-24-6-3-18(19-11-22(14-29-13-19)32-26(36)17-1-2-17)12-23(24)25(33-35)27(37)31-20-4-5-21(30-15-20)16-34-7-9-38-10-8-34/h3-6,11-15,17H,1-2,7-10,16,28H2,(H,31,37)(H,32,36). The van der Waals surface area contributed by atoms with Crippen molar-refractivity contribution in [2.45, 2.75) is 19.4 Å². The Morgan fingerprint density at radius 1 is 0.974 bits per heavy atom. The third-order valence-corrected chi connectivity index (χ3v) is 6.78. The van der Waals surface area contributed by atoms with Gasteiger partial charge in [-0.05, 0) is 48.7 Å². The van der Waals surface area contributed by atoms with Crippen molar-refractivity contribution in [3.8, 4) is 11.1 Å². The van der Waals surface area contributed by atoms with E-state index in [-0.39, 0.29) is 23.4 Å². The molecule has 2 fully saturated rings. The Balaban J connectivity index is 1.20. The van der Waals surface area contributed by atoms with Gasteiger partial charge in [0.1, 0.15) is 0 Å². The molecule has 6 rings (SSSR count). The van der Waals surface area contributed by atoms with Gasteiger partial charge in [0.15, 0.2) is 5.69 Å². The third-order valence-electron chi connectivity index (χ3n) is 6.78. The molecule has 0 unspecified atom stereocenters. The fourth-order valence-electron chi connectivity index (χ4n) is 4.51. The summed E-state index contributed by atoms with van der Waals surface area (Å²) in [6, 6.07) is 11.2. The number of carbonyl (C=O) groups excluding carboxylic acids is 2. The Kier molecular flexibility index (Phi) is 6.44. The highest BCUT2D eigenvalue weighted by molar-refractivity contribution is 6.11. The van der Waals surface area contributed by atoms with E-state index in [1.165, 1.54) is 4.79 Å². The summed E-state index contributed by atoms with van der Waals surface area (Å²) in [5.41, 5.74) is 4.57. The Morgan fingerprint density at radius 2 is 1.82 bits per heavy atom. The number of hydrogen-bond donors (Lipinski definition) is 3. The van der Waals surface area contributed by atoms with Gasteiger partial charge in [-0.1, -0.05) is 6.07 Å². The molecule has 11 heteroatoms. The third kappa shape index (κ3) is 5.20. The number of morpholine rings is 1. The van der Waals surface area contributed by atoms with E-state index >= 15 is 0 Å². The molecule has 0 bridgehead atoms. The summed E-state index contributed by atoms with van der Waals surface area (Å²) < 4.78 is 5.39. The molecule has 1 aromatic carbocycles. The van der Waals surface area contributed by atoms with Gasteiger partial charge < -0.3 is 21.2 Å². The largest absolute Gasteiger partial charge is 0.379 e. The highest BCUT2D eigenvalue weighted by Crippen LogP contribution is 2.31. The molecular formula is C27H28N8O3. The van der Waals surface area contributed by atoms with Gasteiger partial charge in [-0.3, -0.25) is 24.5 Å². The lowest BCUT2D eigenvalue weighted by molar-refractivity contribution is -0.117. The predicted molar refractivity (Wildman–Crippen MR) is 143 cm³/mol. The summed E-state index contributed by atoms with van der Waals surface area (Å²) in [7, 11) is 0. The van der Waals surface area contributed by atoms with Crippen LogP contribution in [0.15, 0.2) is 55.0 Å². The molecule has 0 atom stereocenters. The van der Waals surface area contributed by atoms with Gasteiger partial charge in [-0.15, -0.1) is 5.10 Å². The van der Waals surface area contributed by atoms with Crippen LogP contribution in [0.2, 0.25) is 0 Å². The molecule has 194 valence electrons. The number of rotatable bonds is 7. The van der Waals surface area contributed by atoms with Crippen LogP contribution in [-0.2, 0) is 16.1 Å². The van der Waals surface area contributed by atoms with Crippen LogP contribution in [0.5, 0.6) is 0 Å². The highest BCUT2D eigenvalue weighted by atomic mass is 16.5. The van der Waals surface area contributed by atoms with Crippen LogP contribution >= 0.6 is 0 Å². The van der Waals surface area contributed by atoms with Crippen LogP contribution in [0.25, 0.3) is 22.0 Å². The monoisotopic (exact) mass is 512 g/mol. The minimum atomic E-state index is -0.386. The maximum atomic E-state index is 13.2. The lowest BCUT2D eigenvalue weighted by atomic mass is 10.0. The van der Waals surface area contributed by atoms with E-state index in [9.17, 15) is 9.59 Å². The topological polar surface area (TPSA) is 140 Å². The number of nitrogens with two attached hydrogens (primary N) is 1. The molecule has 3 aromatic heterocycles. The van der Waals surface area contributed by atoms with Crippen molar-refractivity contribution in [3.63, 3.8) is 0 Å². The molecule has 2 aliphatic rings. The summed E-state index contributed by atoms with van der Waals surface area (Å²) in [4.78, 5) is 37.6. The number of benzene rings is 1. The number of nitrogen functional groups attached to an aromatic ring is 1. The molecule has 4 N–H and O–H groups in total.